The Morgan fingerprint density at radius 1 is 1.33 bits per heavy atom. The number of anilines is 1. The van der Waals surface area contributed by atoms with Crippen LogP contribution in [0.4, 0.5) is 5.82 Å². The highest BCUT2D eigenvalue weighted by atomic mass is 16.5. The molecule has 0 spiro atoms. The quantitative estimate of drug-likeness (QED) is 0.778. The van der Waals surface area contributed by atoms with Gasteiger partial charge in [-0.2, -0.15) is 0 Å². The highest BCUT2D eigenvalue weighted by Crippen LogP contribution is 2.25. The first kappa shape index (κ1) is 10.2. The van der Waals surface area contributed by atoms with Crippen molar-refractivity contribution in [3.05, 3.63) is 17.8 Å². The van der Waals surface area contributed by atoms with Crippen LogP contribution >= 0.6 is 0 Å². The molecule has 0 amide bonds. The van der Waals surface area contributed by atoms with E-state index in [1.165, 1.54) is 0 Å². The highest BCUT2D eigenvalue weighted by molar-refractivity contribution is 5.53. The number of hydrogen-bond donors (Lipinski definition) is 1. The third kappa shape index (κ3) is 2.21. The Kier molecular flexibility index (Phi) is 3.06. The van der Waals surface area contributed by atoms with Crippen LogP contribution in [0.15, 0.2) is 12.1 Å². The SMILES string of the molecule is COc1ccc(C)nc1N1CCNCC1. The van der Waals surface area contributed by atoms with E-state index in [9.17, 15) is 0 Å². The molecule has 0 unspecified atom stereocenters. The third-order valence-corrected chi connectivity index (χ3v) is 2.61. The molecule has 2 rings (SSSR count). The van der Waals surface area contributed by atoms with Gasteiger partial charge in [-0.15, -0.1) is 0 Å². The van der Waals surface area contributed by atoms with Crippen LogP contribution in [-0.4, -0.2) is 38.3 Å². The van der Waals surface area contributed by atoms with Crippen LogP contribution in [0.25, 0.3) is 0 Å². The van der Waals surface area contributed by atoms with Gasteiger partial charge in [-0.05, 0) is 19.1 Å². The summed E-state index contributed by atoms with van der Waals surface area (Å²) in [7, 11) is 1.69. The number of nitrogens with zero attached hydrogens (tertiary/aromatic N) is 2. The Bertz CT molecular complexity index is 335. The predicted molar refractivity (Wildman–Crippen MR) is 60.6 cm³/mol. The normalized spacial score (nSPS) is 16.5. The molecule has 0 radical (unpaired) electrons. The van der Waals surface area contributed by atoms with Crippen molar-refractivity contribution in [2.45, 2.75) is 6.92 Å². The molecule has 1 N–H and O–H groups in total. The second-order valence-corrected chi connectivity index (χ2v) is 3.72. The maximum Gasteiger partial charge on any atom is 0.171 e. The molecule has 0 saturated carbocycles. The van der Waals surface area contributed by atoms with E-state index in [1.807, 2.05) is 19.1 Å². The number of aromatic nitrogens is 1. The van der Waals surface area contributed by atoms with Crippen LogP contribution in [0.3, 0.4) is 0 Å². The van der Waals surface area contributed by atoms with Gasteiger partial charge in [0.15, 0.2) is 11.6 Å². The smallest absolute Gasteiger partial charge is 0.171 e. The Labute approximate surface area is 90.3 Å². The molecule has 1 aliphatic heterocycles. The van der Waals surface area contributed by atoms with E-state index in [-0.39, 0.29) is 0 Å². The average molecular weight is 207 g/mol. The minimum Gasteiger partial charge on any atom is -0.493 e. The van der Waals surface area contributed by atoms with E-state index in [2.05, 4.69) is 15.2 Å². The molecule has 4 nitrogen and oxygen atoms in total. The van der Waals surface area contributed by atoms with Crippen molar-refractivity contribution in [3.8, 4) is 5.75 Å². The van der Waals surface area contributed by atoms with Gasteiger partial charge in [0.2, 0.25) is 0 Å². The summed E-state index contributed by atoms with van der Waals surface area (Å²) < 4.78 is 5.33. The van der Waals surface area contributed by atoms with Crippen molar-refractivity contribution in [2.75, 3.05) is 38.2 Å². The lowest BCUT2D eigenvalue weighted by Crippen LogP contribution is -2.44. The van der Waals surface area contributed by atoms with Gasteiger partial charge in [-0.1, -0.05) is 0 Å². The molecule has 15 heavy (non-hydrogen) atoms. The summed E-state index contributed by atoms with van der Waals surface area (Å²) in [5, 5.41) is 3.33. The fourth-order valence-corrected chi connectivity index (χ4v) is 1.79. The van der Waals surface area contributed by atoms with E-state index in [4.69, 9.17) is 4.74 Å². The molecule has 1 aliphatic rings. The number of pyridine rings is 1. The van der Waals surface area contributed by atoms with E-state index in [0.717, 1.165) is 43.4 Å². The zero-order chi connectivity index (χ0) is 10.7. The maximum absolute atomic E-state index is 5.33. The third-order valence-electron chi connectivity index (χ3n) is 2.61. The lowest BCUT2D eigenvalue weighted by molar-refractivity contribution is 0.410. The topological polar surface area (TPSA) is 37.4 Å². The van der Waals surface area contributed by atoms with Gasteiger partial charge in [-0.25, -0.2) is 4.98 Å². The van der Waals surface area contributed by atoms with E-state index in [1.54, 1.807) is 7.11 Å². The lowest BCUT2D eigenvalue weighted by Gasteiger charge is -2.29. The summed E-state index contributed by atoms with van der Waals surface area (Å²) in [6.45, 7) is 6.02. The van der Waals surface area contributed by atoms with Gasteiger partial charge >= 0.3 is 0 Å². The zero-order valence-electron chi connectivity index (χ0n) is 9.29. The first-order valence-electron chi connectivity index (χ1n) is 5.28. The van der Waals surface area contributed by atoms with Crippen LogP contribution in [-0.2, 0) is 0 Å². The van der Waals surface area contributed by atoms with Gasteiger partial charge in [-0.3, -0.25) is 0 Å². The van der Waals surface area contributed by atoms with Gasteiger partial charge < -0.3 is 15.0 Å². The maximum atomic E-state index is 5.33. The van der Waals surface area contributed by atoms with Gasteiger partial charge in [0.05, 0.1) is 7.11 Å². The van der Waals surface area contributed by atoms with Crippen molar-refractivity contribution in [1.82, 2.24) is 10.3 Å². The van der Waals surface area contributed by atoms with Crippen LogP contribution in [0, 0.1) is 6.92 Å². The Morgan fingerprint density at radius 2 is 2.07 bits per heavy atom. The fourth-order valence-electron chi connectivity index (χ4n) is 1.79. The molecular weight excluding hydrogens is 190 g/mol. The summed E-state index contributed by atoms with van der Waals surface area (Å²) in [6.07, 6.45) is 0. The Hall–Kier alpha value is -1.29. The molecule has 0 aliphatic carbocycles. The summed E-state index contributed by atoms with van der Waals surface area (Å²) >= 11 is 0. The van der Waals surface area contributed by atoms with Gasteiger partial charge in [0, 0.05) is 31.9 Å². The standard InChI is InChI=1S/C11H17N3O/c1-9-3-4-10(15-2)11(13-9)14-7-5-12-6-8-14/h3-4,12H,5-8H2,1-2H3. The molecule has 1 fully saturated rings. The summed E-state index contributed by atoms with van der Waals surface area (Å²) in [5.41, 5.74) is 1.03. The zero-order valence-corrected chi connectivity index (χ0v) is 9.29. The van der Waals surface area contributed by atoms with E-state index < -0.39 is 0 Å². The molecule has 1 aromatic heterocycles. The van der Waals surface area contributed by atoms with Crippen LogP contribution in [0.5, 0.6) is 5.75 Å². The molecule has 1 saturated heterocycles. The van der Waals surface area contributed by atoms with Crippen LogP contribution in [0.2, 0.25) is 0 Å². The average Bonchev–Trinajstić information content (AvgIpc) is 2.30. The van der Waals surface area contributed by atoms with Crippen molar-refractivity contribution in [1.29, 1.82) is 0 Å². The van der Waals surface area contributed by atoms with Crippen LogP contribution < -0.4 is 15.0 Å². The van der Waals surface area contributed by atoms with Crippen molar-refractivity contribution < 1.29 is 4.74 Å². The number of aryl methyl sites for hydroxylation is 1. The minimum absolute atomic E-state index is 0.863. The van der Waals surface area contributed by atoms with Crippen LogP contribution in [0.1, 0.15) is 5.69 Å². The summed E-state index contributed by atoms with van der Waals surface area (Å²) in [5.74, 6) is 1.83. The van der Waals surface area contributed by atoms with Crippen molar-refractivity contribution in [2.24, 2.45) is 0 Å². The van der Waals surface area contributed by atoms with E-state index >= 15 is 0 Å². The highest BCUT2D eigenvalue weighted by Gasteiger charge is 2.15. The van der Waals surface area contributed by atoms with Gasteiger partial charge in [0.1, 0.15) is 0 Å². The summed E-state index contributed by atoms with van der Waals surface area (Å²) in [4.78, 5) is 6.81. The van der Waals surface area contributed by atoms with Crippen molar-refractivity contribution >= 4 is 5.82 Å². The number of rotatable bonds is 2. The second kappa shape index (κ2) is 4.49. The molecular formula is C11H17N3O. The molecule has 82 valence electrons. The number of methoxy groups -OCH3 is 1. The monoisotopic (exact) mass is 207 g/mol. The molecule has 2 heterocycles. The molecule has 1 aromatic rings. The number of nitrogens with one attached hydrogen (secondary N) is 1. The first-order chi connectivity index (χ1) is 7.31. The largest absolute Gasteiger partial charge is 0.493 e. The molecule has 4 heteroatoms. The number of hydrogen-bond acceptors (Lipinski definition) is 4. The van der Waals surface area contributed by atoms with Crippen molar-refractivity contribution in [3.63, 3.8) is 0 Å². The van der Waals surface area contributed by atoms with Gasteiger partial charge in [0.25, 0.3) is 0 Å². The fraction of sp³-hybridized carbons (Fsp3) is 0.545. The predicted octanol–water partition coefficient (Wildman–Crippen LogP) is 0.808. The first-order valence-corrected chi connectivity index (χ1v) is 5.28. The second-order valence-electron chi connectivity index (χ2n) is 3.72. The molecule has 0 aromatic carbocycles. The summed E-state index contributed by atoms with van der Waals surface area (Å²) in [6, 6.07) is 3.96. The molecule has 0 atom stereocenters. The lowest BCUT2D eigenvalue weighted by atomic mass is 10.3. The molecule has 0 bridgehead atoms. The number of ether oxygens (including phenoxy) is 1. The number of piperazine rings is 1. The Morgan fingerprint density at radius 3 is 2.73 bits per heavy atom. The van der Waals surface area contributed by atoms with E-state index in [0.29, 0.717) is 0 Å². The Balaban J connectivity index is 2.27. The minimum atomic E-state index is 0.863.